The molecule has 1 aliphatic heterocycles. The summed E-state index contributed by atoms with van der Waals surface area (Å²) in [5.41, 5.74) is 3.80. The molecule has 1 heterocycles. The molecular weight excluding hydrogens is 388 g/mol. The second kappa shape index (κ2) is 16.1. The van der Waals surface area contributed by atoms with Crippen LogP contribution in [0.2, 0.25) is 0 Å². The molecule has 3 unspecified atom stereocenters. The maximum absolute atomic E-state index is 12.2. The molecular formula is C26H48N2O3. The van der Waals surface area contributed by atoms with Crippen molar-refractivity contribution in [3.05, 3.63) is 28.8 Å². The van der Waals surface area contributed by atoms with Crippen molar-refractivity contribution >= 4 is 5.91 Å². The highest BCUT2D eigenvalue weighted by Crippen LogP contribution is 2.25. The Morgan fingerprint density at radius 3 is 2.35 bits per heavy atom. The van der Waals surface area contributed by atoms with E-state index in [-0.39, 0.29) is 17.9 Å². The minimum atomic E-state index is 0.0235. The lowest BCUT2D eigenvalue weighted by atomic mass is 10.0. The zero-order chi connectivity index (χ0) is 24.0. The number of hydrogen-bond acceptors (Lipinski definition) is 4. The molecule has 1 aromatic carbocycles. The Morgan fingerprint density at radius 2 is 1.84 bits per heavy atom. The summed E-state index contributed by atoms with van der Waals surface area (Å²) in [5.74, 6) is 1.09. The van der Waals surface area contributed by atoms with Gasteiger partial charge in [0, 0.05) is 25.2 Å². The van der Waals surface area contributed by atoms with Crippen molar-refractivity contribution in [3.8, 4) is 5.75 Å². The third kappa shape index (κ3) is 10.0. The average Bonchev–Trinajstić information content (AvgIpc) is 3.28. The minimum Gasteiger partial charge on any atom is -0.496 e. The average molecular weight is 437 g/mol. The Morgan fingerprint density at radius 1 is 1.23 bits per heavy atom. The van der Waals surface area contributed by atoms with Crippen molar-refractivity contribution in [1.82, 2.24) is 10.2 Å². The second-order valence-electron chi connectivity index (χ2n) is 8.35. The Hall–Kier alpha value is -1.59. The van der Waals surface area contributed by atoms with E-state index < -0.39 is 0 Å². The zero-order valence-electron chi connectivity index (χ0n) is 21.8. The fraction of sp³-hybridized carbons (Fsp3) is 0.731. The number of amides is 1. The zero-order valence-corrected chi connectivity index (χ0v) is 21.8. The second-order valence-corrected chi connectivity index (χ2v) is 8.35. The number of nitrogens with one attached hydrogen (secondary N) is 1. The van der Waals surface area contributed by atoms with Crippen molar-refractivity contribution < 1.29 is 14.3 Å². The molecule has 1 fully saturated rings. The third-order valence-electron chi connectivity index (χ3n) is 5.63. The first-order valence-electron chi connectivity index (χ1n) is 12.0. The molecule has 0 aromatic heterocycles. The molecule has 0 aliphatic carbocycles. The summed E-state index contributed by atoms with van der Waals surface area (Å²) in [6.07, 6.45) is 3.01. The van der Waals surface area contributed by atoms with Crippen molar-refractivity contribution in [1.29, 1.82) is 0 Å². The number of hydrogen-bond donors (Lipinski definition) is 1. The molecule has 2 rings (SSSR count). The van der Waals surface area contributed by atoms with Gasteiger partial charge in [-0.05, 0) is 70.3 Å². The van der Waals surface area contributed by atoms with Crippen molar-refractivity contribution in [2.45, 2.75) is 93.3 Å². The third-order valence-corrected chi connectivity index (χ3v) is 5.63. The summed E-state index contributed by atoms with van der Waals surface area (Å²) < 4.78 is 10.7. The molecule has 0 spiro atoms. The van der Waals surface area contributed by atoms with Gasteiger partial charge >= 0.3 is 0 Å². The predicted molar refractivity (Wildman–Crippen MR) is 132 cm³/mol. The molecule has 0 radical (unpaired) electrons. The van der Waals surface area contributed by atoms with Crippen LogP contribution >= 0.6 is 0 Å². The lowest BCUT2D eigenvalue weighted by Gasteiger charge is -2.29. The highest BCUT2D eigenvalue weighted by molar-refractivity contribution is 5.79. The quantitative estimate of drug-likeness (QED) is 0.584. The fourth-order valence-corrected chi connectivity index (χ4v) is 3.52. The molecule has 5 heteroatoms. The van der Waals surface area contributed by atoms with Crippen LogP contribution in [0.3, 0.4) is 0 Å². The van der Waals surface area contributed by atoms with E-state index in [2.05, 4.69) is 64.9 Å². The Kier molecular flexibility index (Phi) is 15.3. The van der Waals surface area contributed by atoms with E-state index in [1.54, 1.807) is 7.11 Å². The van der Waals surface area contributed by atoms with Gasteiger partial charge in [-0.25, -0.2) is 0 Å². The minimum absolute atomic E-state index is 0.0235. The Bertz CT molecular complexity index is 627. The lowest BCUT2D eigenvalue weighted by Crippen LogP contribution is -2.41. The number of carbonyl (C=O) groups excluding carboxylic acids is 1. The van der Waals surface area contributed by atoms with E-state index in [1.165, 1.54) is 23.1 Å². The van der Waals surface area contributed by atoms with Gasteiger partial charge in [-0.2, -0.15) is 0 Å². The van der Waals surface area contributed by atoms with E-state index in [0.29, 0.717) is 19.3 Å². The van der Waals surface area contributed by atoms with Crippen LogP contribution in [0.15, 0.2) is 12.1 Å². The molecule has 180 valence electrons. The van der Waals surface area contributed by atoms with Gasteiger partial charge in [-0.3, -0.25) is 9.69 Å². The molecule has 5 nitrogen and oxygen atoms in total. The van der Waals surface area contributed by atoms with Gasteiger partial charge < -0.3 is 14.8 Å². The van der Waals surface area contributed by atoms with Crippen LogP contribution in [-0.2, 0) is 16.1 Å². The van der Waals surface area contributed by atoms with Crippen molar-refractivity contribution in [2.24, 2.45) is 5.92 Å². The van der Waals surface area contributed by atoms with Gasteiger partial charge in [0.05, 0.1) is 19.6 Å². The van der Waals surface area contributed by atoms with Crippen LogP contribution in [0.25, 0.3) is 0 Å². The SMILES string of the molecule is CC.CCC.COc1ccc(CN(C)C(C)CC(C)NC(=O)C2CCOC2)c(C)c1C. The molecule has 1 N–H and O–H groups in total. The molecule has 1 aromatic rings. The Labute approximate surface area is 191 Å². The summed E-state index contributed by atoms with van der Waals surface area (Å²) >= 11 is 0. The summed E-state index contributed by atoms with van der Waals surface area (Å²) in [7, 11) is 3.85. The van der Waals surface area contributed by atoms with Gasteiger partial charge in [0.1, 0.15) is 5.75 Å². The van der Waals surface area contributed by atoms with Gasteiger partial charge in [0.2, 0.25) is 5.91 Å². The smallest absolute Gasteiger partial charge is 0.225 e. The van der Waals surface area contributed by atoms with Gasteiger partial charge in [0.15, 0.2) is 0 Å². The maximum Gasteiger partial charge on any atom is 0.225 e. The first-order chi connectivity index (χ1) is 14.7. The first kappa shape index (κ1) is 29.4. The van der Waals surface area contributed by atoms with E-state index in [1.807, 2.05) is 19.9 Å². The Balaban J connectivity index is 0.00000165. The molecule has 1 aliphatic rings. The van der Waals surface area contributed by atoms with Crippen LogP contribution in [0, 0.1) is 19.8 Å². The molecule has 1 amide bonds. The molecule has 1 saturated heterocycles. The van der Waals surface area contributed by atoms with Gasteiger partial charge in [0.25, 0.3) is 0 Å². The number of rotatable bonds is 8. The maximum atomic E-state index is 12.2. The van der Waals surface area contributed by atoms with Crippen LogP contribution in [0.5, 0.6) is 5.75 Å². The van der Waals surface area contributed by atoms with Gasteiger partial charge in [-0.1, -0.05) is 40.2 Å². The number of methoxy groups -OCH3 is 1. The summed E-state index contributed by atoms with van der Waals surface area (Å²) in [6.45, 7) is 18.9. The molecule has 31 heavy (non-hydrogen) atoms. The van der Waals surface area contributed by atoms with Crippen molar-refractivity contribution in [3.63, 3.8) is 0 Å². The van der Waals surface area contributed by atoms with Crippen LogP contribution in [-0.4, -0.2) is 50.3 Å². The monoisotopic (exact) mass is 436 g/mol. The van der Waals surface area contributed by atoms with E-state index in [9.17, 15) is 4.79 Å². The van der Waals surface area contributed by atoms with Crippen LogP contribution < -0.4 is 10.1 Å². The van der Waals surface area contributed by atoms with Gasteiger partial charge in [-0.15, -0.1) is 0 Å². The summed E-state index contributed by atoms with van der Waals surface area (Å²) in [6, 6.07) is 4.71. The van der Waals surface area contributed by atoms with E-state index >= 15 is 0 Å². The lowest BCUT2D eigenvalue weighted by molar-refractivity contribution is -0.125. The first-order valence-corrected chi connectivity index (χ1v) is 12.0. The highest BCUT2D eigenvalue weighted by Gasteiger charge is 2.25. The fourth-order valence-electron chi connectivity index (χ4n) is 3.52. The number of ether oxygens (including phenoxy) is 2. The van der Waals surface area contributed by atoms with E-state index in [4.69, 9.17) is 9.47 Å². The molecule has 0 saturated carbocycles. The van der Waals surface area contributed by atoms with E-state index in [0.717, 1.165) is 25.1 Å². The largest absolute Gasteiger partial charge is 0.496 e. The highest BCUT2D eigenvalue weighted by atomic mass is 16.5. The molecule has 0 bridgehead atoms. The summed E-state index contributed by atoms with van der Waals surface area (Å²) in [5, 5.41) is 3.14. The normalized spacial score (nSPS) is 17.1. The number of nitrogens with zero attached hydrogens (tertiary/aromatic N) is 1. The van der Waals surface area contributed by atoms with Crippen molar-refractivity contribution in [2.75, 3.05) is 27.4 Å². The molecule has 3 atom stereocenters. The topological polar surface area (TPSA) is 50.8 Å². The standard InChI is InChI=1S/C21H34N2O3.C3H8.C2H6/c1-14(22-21(24)19-9-10-26-13-19)11-15(2)23(5)12-18-7-8-20(25-6)17(4)16(18)3;1-3-2;1-2/h7-8,14-15,19H,9-13H2,1-6H3,(H,22,24);3H2,1-2H3;1-2H3. The van der Waals surface area contributed by atoms with Crippen LogP contribution in [0.1, 0.15) is 77.5 Å². The number of benzene rings is 1. The summed E-state index contributed by atoms with van der Waals surface area (Å²) in [4.78, 5) is 14.6. The number of carbonyl (C=O) groups is 1. The van der Waals surface area contributed by atoms with Crippen LogP contribution in [0.4, 0.5) is 0 Å². The predicted octanol–water partition coefficient (Wildman–Crippen LogP) is 5.51.